The highest BCUT2D eigenvalue weighted by molar-refractivity contribution is 5.94. The minimum absolute atomic E-state index is 0.0668. The molecule has 0 bridgehead atoms. The molecule has 1 saturated heterocycles. The first-order chi connectivity index (χ1) is 14.1. The van der Waals surface area contributed by atoms with Gasteiger partial charge in [0.05, 0.1) is 5.69 Å². The molecule has 0 saturated carbocycles. The Morgan fingerprint density at radius 1 is 1.17 bits per heavy atom. The lowest BCUT2D eigenvalue weighted by atomic mass is 9.94. The third-order valence-corrected chi connectivity index (χ3v) is 5.17. The molecular weight excluding hydrogens is 367 g/mol. The summed E-state index contributed by atoms with van der Waals surface area (Å²) in [5, 5.41) is 3.11. The molecule has 148 valence electrons. The molecule has 2 aromatic carbocycles. The molecule has 29 heavy (non-hydrogen) atoms. The molecule has 1 N–H and O–H groups in total. The minimum atomic E-state index is -0.286. The first-order valence-corrected chi connectivity index (χ1v) is 9.80. The maximum Gasteiger partial charge on any atom is 0.253 e. The van der Waals surface area contributed by atoms with Crippen LogP contribution in [0.25, 0.3) is 0 Å². The molecule has 1 aliphatic rings. The molecule has 2 heterocycles. The number of rotatable bonds is 4. The maximum absolute atomic E-state index is 13.1. The summed E-state index contributed by atoms with van der Waals surface area (Å²) in [6, 6.07) is 15.7. The van der Waals surface area contributed by atoms with Crippen LogP contribution in [-0.4, -0.2) is 33.9 Å². The van der Waals surface area contributed by atoms with E-state index in [0.717, 1.165) is 41.9 Å². The fourth-order valence-electron chi connectivity index (χ4n) is 3.69. The number of aryl methyl sites for hydroxylation is 1. The fraction of sp³-hybridized carbons (Fsp3) is 0.261. The maximum atomic E-state index is 13.1. The summed E-state index contributed by atoms with van der Waals surface area (Å²) in [7, 11) is 0. The van der Waals surface area contributed by atoms with E-state index < -0.39 is 0 Å². The Labute approximate surface area is 169 Å². The topological polar surface area (TPSA) is 58.1 Å². The van der Waals surface area contributed by atoms with Gasteiger partial charge < -0.3 is 10.2 Å². The van der Waals surface area contributed by atoms with Gasteiger partial charge in [-0.3, -0.25) is 4.79 Å². The molecule has 1 amide bonds. The summed E-state index contributed by atoms with van der Waals surface area (Å²) in [5.74, 6) is 0.411. The average Bonchev–Trinajstić information content (AvgIpc) is 2.75. The van der Waals surface area contributed by atoms with Gasteiger partial charge in [0.1, 0.15) is 5.82 Å². The van der Waals surface area contributed by atoms with Gasteiger partial charge in [-0.2, -0.15) is 0 Å². The summed E-state index contributed by atoms with van der Waals surface area (Å²) in [6.07, 6.45) is 3.63. The van der Waals surface area contributed by atoms with Crippen molar-refractivity contribution in [3.05, 3.63) is 83.4 Å². The van der Waals surface area contributed by atoms with Crippen LogP contribution in [0.4, 0.5) is 16.0 Å². The van der Waals surface area contributed by atoms with E-state index in [-0.39, 0.29) is 17.6 Å². The standard InChI is InChI=1S/C23H23FN4O/c1-16-4-2-5-17(14-16)22(29)28-13-3-6-18(15-28)21-11-12-25-23(27-21)26-20-9-7-19(24)8-10-20/h2,4-5,7-12,14,18H,3,6,13,15H2,1H3,(H,25,26,27). The van der Waals surface area contributed by atoms with Crippen LogP contribution in [0.2, 0.25) is 0 Å². The Morgan fingerprint density at radius 2 is 2.00 bits per heavy atom. The van der Waals surface area contributed by atoms with E-state index in [0.29, 0.717) is 12.5 Å². The number of anilines is 2. The third kappa shape index (κ3) is 4.59. The van der Waals surface area contributed by atoms with Crippen molar-refractivity contribution in [3.8, 4) is 0 Å². The monoisotopic (exact) mass is 390 g/mol. The Balaban J connectivity index is 1.48. The van der Waals surface area contributed by atoms with E-state index in [1.165, 1.54) is 12.1 Å². The highest BCUT2D eigenvalue weighted by Gasteiger charge is 2.26. The number of piperidine rings is 1. The lowest BCUT2D eigenvalue weighted by Crippen LogP contribution is -2.39. The SMILES string of the molecule is Cc1cccc(C(=O)N2CCCC(c3ccnc(Nc4ccc(F)cc4)n3)C2)c1. The van der Waals surface area contributed by atoms with Crippen LogP contribution in [0.15, 0.2) is 60.8 Å². The van der Waals surface area contributed by atoms with Crippen molar-refractivity contribution >= 4 is 17.5 Å². The summed E-state index contributed by atoms with van der Waals surface area (Å²) in [5.41, 5.74) is 3.44. The van der Waals surface area contributed by atoms with E-state index in [1.54, 1.807) is 18.3 Å². The number of amides is 1. The second kappa shape index (κ2) is 8.39. The van der Waals surface area contributed by atoms with Crippen LogP contribution in [0.5, 0.6) is 0 Å². The molecule has 1 fully saturated rings. The second-order valence-corrected chi connectivity index (χ2v) is 7.40. The number of aromatic nitrogens is 2. The van der Waals surface area contributed by atoms with Crippen LogP contribution < -0.4 is 5.32 Å². The smallest absolute Gasteiger partial charge is 0.253 e. The van der Waals surface area contributed by atoms with Gasteiger partial charge in [-0.15, -0.1) is 0 Å². The molecule has 0 aliphatic carbocycles. The van der Waals surface area contributed by atoms with Crippen LogP contribution in [0, 0.1) is 12.7 Å². The zero-order valence-corrected chi connectivity index (χ0v) is 16.3. The van der Waals surface area contributed by atoms with Gasteiger partial charge in [0, 0.05) is 36.5 Å². The Morgan fingerprint density at radius 3 is 2.79 bits per heavy atom. The van der Waals surface area contributed by atoms with E-state index in [1.807, 2.05) is 42.2 Å². The number of carbonyl (C=O) groups is 1. The van der Waals surface area contributed by atoms with E-state index in [4.69, 9.17) is 0 Å². The van der Waals surface area contributed by atoms with Crippen molar-refractivity contribution in [2.45, 2.75) is 25.7 Å². The molecule has 1 aliphatic heterocycles. The molecule has 1 unspecified atom stereocenters. The molecule has 1 atom stereocenters. The molecule has 1 aromatic heterocycles. The molecule has 4 rings (SSSR count). The van der Waals surface area contributed by atoms with Gasteiger partial charge in [-0.1, -0.05) is 17.7 Å². The zero-order valence-electron chi connectivity index (χ0n) is 16.3. The molecule has 6 heteroatoms. The normalized spacial score (nSPS) is 16.5. The van der Waals surface area contributed by atoms with E-state index in [2.05, 4.69) is 15.3 Å². The Hall–Kier alpha value is -3.28. The van der Waals surface area contributed by atoms with E-state index in [9.17, 15) is 9.18 Å². The first-order valence-electron chi connectivity index (χ1n) is 9.80. The quantitative estimate of drug-likeness (QED) is 0.702. The fourth-order valence-corrected chi connectivity index (χ4v) is 3.69. The lowest BCUT2D eigenvalue weighted by molar-refractivity contribution is 0.0706. The molecule has 0 spiro atoms. The predicted molar refractivity (Wildman–Crippen MR) is 111 cm³/mol. The minimum Gasteiger partial charge on any atom is -0.338 e. The molecular formula is C23H23FN4O. The van der Waals surface area contributed by atoms with Crippen LogP contribution in [0.3, 0.4) is 0 Å². The van der Waals surface area contributed by atoms with Gasteiger partial charge >= 0.3 is 0 Å². The summed E-state index contributed by atoms with van der Waals surface area (Å²) in [4.78, 5) is 23.7. The predicted octanol–water partition coefficient (Wildman–Crippen LogP) is 4.69. The number of benzene rings is 2. The summed E-state index contributed by atoms with van der Waals surface area (Å²) < 4.78 is 13.1. The molecule has 0 radical (unpaired) electrons. The molecule has 5 nitrogen and oxygen atoms in total. The number of likely N-dealkylation sites (tertiary alicyclic amines) is 1. The van der Waals surface area contributed by atoms with Gasteiger partial charge in [0.25, 0.3) is 5.91 Å². The van der Waals surface area contributed by atoms with Gasteiger partial charge in [-0.25, -0.2) is 14.4 Å². The number of halogens is 1. The third-order valence-electron chi connectivity index (χ3n) is 5.17. The van der Waals surface area contributed by atoms with Crippen molar-refractivity contribution in [3.63, 3.8) is 0 Å². The number of carbonyl (C=O) groups excluding carboxylic acids is 1. The van der Waals surface area contributed by atoms with E-state index >= 15 is 0 Å². The van der Waals surface area contributed by atoms with Crippen molar-refractivity contribution in [2.24, 2.45) is 0 Å². The summed E-state index contributed by atoms with van der Waals surface area (Å²) >= 11 is 0. The Bertz CT molecular complexity index is 1010. The zero-order chi connectivity index (χ0) is 20.2. The van der Waals surface area contributed by atoms with Crippen LogP contribution in [-0.2, 0) is 0 Å². The van der Waals surface area contributed by atoms with Crippen LogP contribution in [0.1, 0.15) is 40.4 Å². The second-order valence-electron chi connectivity index (χ2n) is 7.40. The van der Waals surface area contributed by atoms with Crippen molar-refractivity contribution < 1.29 is 9.18 Å². The highest BCUT2D eigenvalue weighted by Crippen LogP contribution is 2.27. The summed E-state index contributed by atoms with van der Waals surface area (Å²) in [6.45, 7) is 3.39. The van der Waals surface area contributed by atoms with Gasteiger partial charge in [0.15, 0.2) is 0 Å². The molecule has 3 aromatic rings. The number of nitrogens with one attached hydrogen (secondary N) is 1. The number of hydrogen-bond acceptors (Lipinski definition) is 4. The Kier molecular flexibility index (Phi) is 5.51. The lowest BCUT2D eigenvalue weighted by Gasteiger charge is -2.32. The van der Waals surface area contributed by atoms with Crippen molar-refractivity contribution in [1.82, 2.24) is 14.9 Å². The van der Waals surface area contributed by atoms with Crippen molar-refractivity contribution in [1.29, 1.82) is 0 Å². The average molecular weight is 390 g/mol. The van der Waals surface area contributed by atoms with Crippen molar-refractivity contribution in [2.75, 3.05) is 18.4 Å². The number of nitrogens with zero attached hydrogens (tertiary/aromatic N) is 3. The largest absolute Gasteiger partial charge is 0.338 e. The first kappa shape index (κ1) is 19.1. The highest BCUT2D eigenvalue weighted by atomic mass is 19.1. The van der Waals surface area contributed by atoms with Crippen LogP contribution >= 0.6 is 0 Å². The number of hydrogen-bond donors (Lipinski definition) is 1. The van der Waals surface area contributed by atoms with Gasteiger partial charge in [0.2, 0.25) is 5.95 Å². The van der Waals surface area contributed by atoms with Gasteiger partial charge in [-0.05, 0) is 62.2 Å².